The van der Waals surface area contributed by atoms with Crippen molar-refractivity contribution >= 4 is 23.2 Å². The summed E-state index contributed by atoms with van der Waals surface area (Å²) in [6.45, 7) is 4.11. The molecule has 0 aromatic heterocycles. The third kappa shape index (κ3) is 3.38. The van der Waals surface area contributed by atoms with Gasteiger partial charge >= 0.3 is 0 Å². The van der Waals surface area contributed by atoms with E-state index in [4.69, 9.17) is 11.6 Å². The predicted molar refractivity (Wildman–Crippen MR) is 63.2 cm³/mol. The number of rotatable bonds is 4. The van der Waals surface area contributed by atoms with Gasteiger partial charge in [0.15, 0.2) is 0 Å². The van der Waals surface area contributed by atoms with Crippen LogP contribution in [0.3, 0.4) is 0 Å². The van der Waals surface area contributed by atoms with Gasteiger partial charge < -0.3 is 10.6 Å². The summed E-state index contributed by atoms with van der Waals surface area (Å²) in [6.07, 6.45) is 0. The number of halogens is 2. The second-order valence-corrected chi connectivity index (χ2v) is 3.80. The molecular weight excluding hydrogens is 231 g/mol. The van der Waals surface area contributed by atoms with Crippen LogP contribution in [0.1, 0.15) is 13.8 Å². The van der Waals surface area contributed by atoms with E-state index in [0.29, 0.717) is 12.2 Å². The van der Waals surface area contributed by atoms with Crippen LogP contribution in [0, 0.1) is 5.82 Å². The number of likely N-dealkylation sites (N-methyl/N-ethyl adjacent to an activating group) is 1. The third-order valence-corrected chi connectivity index (χ3v) is 2.35. The molecule has 0 saturated heterocycles. The first-order chi connectivity index (χ1) is 7.54. The molecule has 1 unspecified atom stereocenters. The molecule has 5 heteroatoms. The van der Waals surface area contributed by atoms with Gasteiger partial charge in [-0.05, 0) is 32.0 Å². The zero-order valence-corrected chi connectivity index (χ0v) is 9.94. The van der Waals surface area contributed by atoms with Crippen LogP contribution in [0.15, 0.2) is 18.2 Å². The van der Waals surface area contributed by atoms with Crippen molar-refractivity contribution in [3.63, 3.8) is 0 Å². The second-order valence-electron chi connectivity index (χ2n) is 3.39. The van der Waals surface area contributed by atoms with E-state index in [1.54, 1.807) is 13.0 Å². The van der Waals surface area contributed by atoms with E-state index in [2.05, 4.69) is 10.6 Å². The number of amides is 1. The van der Waals surface area contributed by atoms with Gasteiger partial charge in [0.25, 0.3) is 0 Å². The van der Waals surface area contributed by atoms with Gasteiger partial charge in [-0.15, -0.1) is 0 Å². The highest BCUT2D eigenvalue weighted by Crippen LogP contribution is 2.19. The summed E-state index contributed by atoms with van der Waals surface area (Å²) in [5.41, 5.74) is 0.528. The molecule has 0 heterocycles. The van der Waals surface area contributed by atoms with Crippen LogP contribution in [-0.4, -0.2) is 18.5 Å². The Morgan fingerprint density at radius 3 is 2.81 bits per heavy atom. The Balaban J connectivity index is 2.66. The van der Waals surface area contributed by atoms with Gasteiger partial charge in [0.05, 0.1) is 5.02 Å². The lowest BCUT2D eigenvalue weighted by Gasteiger charge is -2.14. The van der Waals surface area contributed by atoms with Crippen LogP contribution in [0.25, 0.3) is 0 Å². The van der Waals surface area contributed by atoms with E-state index in [0.717, 1.165) is 0 Å². The molecule has 1 rings (SSSR count). The Hall–Kier alpha value is -1.29. The predicted octanol–water partition coefficient (Wildman–Crippen LogP) is 2.42. The largest absolute Gasteiger partial charge is 0.374 e. The van der Waals surface area contributed by atoms with Crippen molar-refractivity contribution in [1.82, 2.24) is 5.32 Å². The van der Waals surface area contributed by atoms with Crippen molar-refractivity contribution in [2.45, 2.75) is 19.9 Å². The molecule has 1 aromatic carbocycles. The summed E-state index contributed by atoms with van der Waals surface area (Å²) in [7, 11) is 0. The van der Waals surface area contributed by atoms with Crippen molar-refractivity contribution in [2.24, 2.45) is 0 Å². The molecule has 0 aliphatic carbocycles. The van der Waals surface area contributed by atoms with Crippen molar-refractivity contribution < 1.29 is 9.18 Å². The average Bonchev–Trinajstić information content (AvgIpc) is 2.24. The van der Waals surface area contributed by atoms with E-state index in [1.807, 2.05) is 6.92 Å². The molecule has 0 spiro atoms. The number of carbonyl (C=O) groups excluding carboxylic acids is 1. The summed E-state index contributed by atoms with van der Waals surface area (Å²) >= 11 is 5.55. The molecule has 0 aliphatic rings. The van der Waals surface area contributed by atoms with Crippen molar-refractivity contribution in [3.05, 3.63) is 29.0 Å². The fourth-order valence-electron chi connectivity index (χ4n) is 1.23. The Kier molecular flexibility index (Phi) is 4.55. The van der Waals surface area contributed by atoms with Gasteiger partial charge in [0.1, 0.15) is 11.9 Å². The van der Waals surface area contributed by atoms with E-state index in [1.165, 1.54) is 12.1 Å². The first-order valence-electron chi connectivity index (χ1n) is 5.04. The zero-order valence-electron chi connectivity index (χ0n) is 9.18. The molecule has 1 amide bonds. The molecular formula is C11H14ClFN2O. The van der Waals surface area contributed by atoms with Crippen LogP contribution < -0.4 is 10.6 Å². The maximum Gasteiger partial charge on any atom is 0.242 e. The highest BCUT2D eigenvalue weighted by atomic mass is 35.5. The molecule has 0 aliphatic heterocycles. The third-order valence-electron chi connectivity index (χ3n) is 2.05. The van der Waals surface area contributed by atoms with Crippen molar-refractivity contribution in [1.29, 1.82) is 0 Å². The topological polar surface area (TPSA) is 41.1 Å². The minimum absolute atomic E-state index is 0.0659. The molecule has 1 atom stereocenters. The first kappa shape index (κ1) is 12.8. The Labute approximate surface area is 99.0 Å². The standard InChI is InChI=1S/C11H14ClFN2O/c1-3-14-11(16)7(2)15-8-4-5-9(12)10(13)6-8/h4-7,15H,3H2,1-2H3,(H,14,16). The SMILES string of the molecule is CCNC(=O)C(C)Nc1ccc(Cl)c(F)c1. The number of hydrogen-bond donors (Lipinski definition) is 2. The quantitative estimate of drug-likeness (QED) is 0.854. The molecule has 0 fully saturated rings. The fraction of sp³-hybridized carbons (Fsp3) is 0.364. The Morgan fingerprint density at radius 2 is 2.25 bits per heavy atom. The summed E-state index contributed by atoms with van der Waals surface area (Å²) in [6, 6.07) is 3.92. The smallest absolute Gasteiger partial charge is 0.242 e. The normalized spacial score (nSPS) is 12.0. The number of benzene rings is 1. The molecule has 3 nitrogen and oxygen atoms in total. The van der Waals surface area contributed by atoms with Crippen LogP contribution in [0.4, 0.5) is 10.1 Å². The Morgan fingerprint density at radius 1 is 1.56 bits per heavy atom. The van der Waals surface area contributed by atoms with Gasteiger partial charge in [-0.1, -0.05) is 11.6 Å². The number of anilines is 1. The molecule has 88 valence electrons. The molecule has 0 bridgehead atoms. The summed E-state index contributed by atoms with van der Waals surface area (Å²) < 4.78 is 13.1. The van der Waals surface area contributed by atoms with Gasteiger partial charge in [-0.2, -0.15) is 0 Å². The maximum absolute atomic E-state index is 13.1. The van der Waals surface area contributed by atoms with Crippen LogP contribution in [0.5, 0.6) is 0 Å². The molecule has 2 N–H and O–H groups in total. The van der Waals surface area contributed by atoms with Crippen molar-refractivity contribution in [3.8, 4) is 0 Å². The van der Waals surface area contributed by atoms with Crippen molar-refractivity contribution in [2.75, 3.05) is 11.9 Å². The fourth-order valence-corrected chi connectivity index (χ4v) is 1.35. The monoisotopic (exact) mass is 244 g/mol. The minimum Gasteiger partial charge on any atom is -0.374 e. The highest BCUT2D eigenvalue weighted by Gasteiger charge is 2.11. The number of nitrogens with one attached hydrogen (secondary N) is 2. The van der Waals surface area contributed by atoms with Crippen LogP contribution in [-0.2, 0) is 4.79 Å². The first-order valence-corrected chi connectivity index (χ1v) is 5.41. The van der Waals surface area contributed by atoms with E-state index in [-0.39, 0.29) is 10.9 Å². The van der Waals surface area contributed by atoms with Gasteiger partial charge in [-0.25, -0.2) is 4.39 Å². The van der Waals surface area contributed by atoms with Gasteiger partial charge in [0.2, 0.25) is 5.91 Å². The molecule has 0 saturated carbocycles. The molecule has 16 heavy (non-hydrogen) atoms. The van der Waals surface area contributed by atoms with E-state index in [9.17, 15) is 9.18 Å². The summed E-state index contributed by atoms with van der Waals surface area (Å²) in [4.78, 5) is 11.4. The van der Waals surface area contributed by atoms with E-state index < -0.39 is 11.9 Å². The Bertz CT molecular complexity index is 384. The highest BCUT2D eigenvalue weighted by molar-refractivity contribution is 6.30. The van der Waals surface area contributed by atoms with Crippen LogP contribution in [0.2, 0.25) is 5.02 Å². The van der Waals surface area contributed by atoms with Crippen LogP contribution >= 0.6 is 11.6 Å². The summed E-state index contributed by atoms with van der Waals surface area (Å²) in [5, 5.41) is 5.62. The number of hydrogen-bond acceptors (Lipinski definition) is 2. The second kappa shape index (κ2) is 5.70. The lowest BCUT2D eigenvalue weighted by atomic mass is 10.2. The zero-order chi connectivity index (χ0) is 12.1. The minimum atomic E-state index is -0.505. The number of carbonyl (C=O) groups is 1. The van der Waals surface area contributed by atoms with Gasteiger partial charge in [0, 0.05) is 12.2 Å². The summed E-state index contributed by atoms with van der Waals surface area (Å²) in [5.74, 6) is -0.632. The van der Waals surface area contributed by atoms with E-state index >= 15 is 0 Å². The molecule has 1 aromatic rings. The lowest BCUT2D eigenvalue weighted by molar-refractivity contribution is -0.121. The lowest BCUT2D eigenvalue weighted by Crippen LogP contribution is -2.37. The maximum atomic E-state index is 13.1. The molecule has 0 radical (unpaired) electrons. The average molecular weight is 245 g/mol. The van der Waals surface area contributed by atoms with Gasteiger partial charge in [-0.3, -0.25) is 4.79 Å².